The maximum atomic E-state index is 12.7. The third-order valence-corrected chi connectivity index (χ3v) is 7.33. The van der Waals surface area contributed by atoms with Crippen LogP contribution in [0.1, 0.15) is 23.5 Å². The molecule has 4 rings (SSSR count). The molecule has 2 unspecified atom stereocenters. The van der Waals surface area contributed by atoms with E-state index in [1.807, 2.05) is 6.92 Å². The number of nitrogen functional groups attached to an aromatic ring is 1. The molecule has 2 aliphatic rings. The van der Waals surface area contributed by atoms with Crippen molar-refractivity contribution in [3.63, 3.8) is 0 Å². The molecule has 2 aromatic heterocycles. The van der Waals surface area contributed by atoms with Crippen molar-refractivity contribution in [2.75, 3.05) is 5.73 Å². The highest BCUT2D eigenvalue weighted by Crippen LogP contribution is 2.43. The van der Waals surface area contributed by atoms with Crippen LogP contribution in [0.4, 0.5) is 5.13 Å². The highest BCUT2D eigenvalue weighted by atomic mass is 32.2. The number of thiazole rings is 1. The first-order chi connectivity index (χ1) is 14.8. The van der Waals surface area contributed by atoms with Gasteiger partial charge in [0.2, 0.25) is 11.5 Å². The summed E-state index contributed by atoms with van der Waals surface area (Å²) in [5.41, 5.74) is 4.89. The Labute approximate surface area is 187 Å². The predicted octanol–water partition coefficient (Wildman–Crippen LogP) is 0.641. The summed E-state index contributed by atoms with van der Waals surface area (Å²) < 4.78 is 4.51. The van der Waals surface area contributed by atoms with Crippen LogP contribution in [0.5, 0.6) is 0 Å². The molecule has 5 N–H and O–H groups in total. The predicted molar refractivity (Wildman–Crippen MR) is 112 cm³/mol. The van der Waals surface area contributed by atoms with Crippen molar-refractivity contribution in [3.05, 3.63) is 27.5 Å². The smallest absolute Gasteiger partial charge is 0.353 e. The average molecular weight is 482 g/mol. The van der Waals surface area contributed by atoms with Crippen LogP contribution < -0.4 is 11.1 Å². The Morgan fingerprint density at radius 1 is 1.45 bits per heavy atom. The number of β-lactam (4-membered cyclic amide) rings is 1. The minimum Gasteiger partial charge on any atom is -0.477 e. The van der Waals surface area contributed by atoms with Crippen molar-refractivity contribution in [1.82, 2.24) is 24.6 Å². The molecular weight excluding hydrogens is 466 g/mol. The minimum atomic E-state index is -1.22. The van der Waals surface area contributed by atoms with Gasteiger partial charge in [-0.1, -0.05) is 16.9 Å². The van der Waals surface area contributed by atoms with E-state index in [1.165, 1.54) is 28.0 Å². The van der Waals surface area contributed by atoms with Gasteiger partial charge in [0.1, 0.15) is 11.7 Å². The van der Waals surface area contributed by atoms with Crippen molar-refractivity contribution >= 4 is 63.3 Å². The number of amides is 2. The van der Waals surface area contributed by atoms with Crippen LogP contribution in [0, 0.1) is 6.92 Å². The number of anilines is 1. The minimum absolute atomic E-state index is 0.0822. The van der Waals surface area contributed by atoms with E-state index in [0.29, 0.717) is 22.1 Å². The molecule has 0 bridgehead atoms. The van der Waals surface area contributed by atoms with Crippen LogP contribution in [0.25, 0.3) is 0 Å². The lowest BCUT2D eigenvalue weighted by Gasteiger charge is -2.49. The SMILES string of the molecule is Cc1cnc(SC2=C(C(=O)O)N3C(=O)C(NC(=O)/C(=N\O)c4nsc(N)n4)C3CC2)s1. The first kappa shape index (κ1) is 21.2. The van der Waals surface area contributed by atoms with Gasteiger partial charge in [0, 0.05) is 27.5 Å². The summed E-state index contributed by atoms with van der Waals surface area (Å²) >= 11 is 3.49. The zero-order valence-electron chi connectivity index (χ0n) is 15.8. The number of aryl methyl sites for hydroxylation is 1. The molecule has 2 aromatic rings. The molecule has 1 saturated heterocycles. The summed E-state index contributed by atoms with van der Waals surface area (Å²) in [6, 6.07) is -1.48. The molecule has 0 spiro atoms. The van der Waals surface area contributed by atoms with Gasteiger partial charge in [0.05, 0.1) is 6.04 Å². The third-order valence-electron chi connectivity index (χ3n) is 4.66. The number of nitrogens with one attached hydrogen (secondary N) is 1. The first-order valence-corrected chi connectivity index (χ1v) is 11.2. The number of hydrogen-bond acceptors (Lipinski definition) is 12. The van der Waals surface area contributed by atoms with Gasteiger partial charge in [-0.2, -0.15) is 9.36 Å². The molecule has 12 nitrogen and oxygen atoms in total. The van der Waals surface area contributed by atoms with Gasteiger partial charge in [-0.05, 0) is 19.8 Å². The fraction of sp³-hybridized carbons (Fsp3) is 0.312. The van der Waals surface area contributed by atoms with E-state index in [-0.39, 0.29) is 16.7 Å². The number of carbonyl (C=O) groups excluding carboxylic acids is 2. The number of allylic oxidation sites excluding steroid dienone is 1. The van der Waals surface area contributed by atoms with E-state index >= 15 is 0 Å². The van der Waals surface area contributed by atoms with E-state index in [1.54, 1.807) is 6.20 Å². The fourth-order valence-corrected chi connectivity index (χ4v) is 5.95. The fourth-order valence-electron chi connectivity index (χ4n) is 3.35. The number of nitrogens with two attached hydrogens (primary N) is 1. The van der Waals surface area contributed by atoms with Crippen LogP contribution in [0.15, 0.2) is 26.3 Å². The standard InChI is InChI=1S/C16H15N7O5S3/c1-5-4-18-16(29-5)30-7-3-2-6-8(13(25)23(6)10(7)14(26)27)19-12(24)9(21-28)11-20-15(17)31-22-11/h4,6,8,28H,2-3H2,1H3,(H,19,24)(H,26,27)(H2,17,20,22)/b21-9-. The van der Waals surface area contributed by atoms with Gasteiger partial charge in [-0.15, -0.1) is 11.3 Å². The van der Waals surface area contributed by atoms with Crippen molar-refractivity contribution in [3.8, 4) is 0 Å². The van der Waals surface area contributed by atoms with Gasteiger partial charge in [0.15, 0.2) is 9.47 Å². The second-order valence-electron chi connectivity index (χ2n) is 6.59. The molecule has 0 saturated carbocycles. The number of carboxylic acid groups (broad SMARTS) is 1. The molecule has 0 aromatic carbocycles. The van der Waals surface area contributed by atoms with Crippen LogP contribution in [0.3, 0.4) is 0 Å². The quantitative estimate of drug-likeness (QED) is 0.197. The second-order valence-corrected chi connectivity index (χ2v) is 9.95. The topological polar surface area (TPSA) is 184 Å². The molecule has 15 heteroatoms. The van der Waals surface area contributed by atoms with Crippen LogP contribution in [0.2, 0.25) is 0 Å². The lowest BCUT2D eigenvalue weighted by atomic mass is 9.86. The number of carboxylic acids is 1. The molecule has 2 amide bonds. The normalized spacial score (nSPS) is 21.0. The van der Waals surface area contributed by atoms with Gasteiger partial charge >= 0.3 is 5.97 Å². The van der Waals surface area contributed by atoms with Crippen molar-refractivity contribution in [2.45, 2.75) is 36.2 Å². The number of rotatable bonds is 6. The van der Waals surface area contributed by atoms with E-state index in [9.17, 15) is 24.7 Å². The van der Waals surface area contributed by atoms with Gasteiger partial charge in [0.25, 0.3) is 11.8 Å². The van der Waals surface area contributed by atoms with Crippen molar-refractivity contribution < 1.29 is 24.7 Å². The highest BCUT2D eigenvalue weighted by Gasteiger charge is 2.54. The molecule has 2 aliphatic heterocycles. The maximum absolute atomic E-state index is 12.7. The van der Waals surface area contributed by atoms with E-state index in [2.05, 4.69) is 24.8 Å². The highest BCUT2D eigenvalue weighted by molar-refractivity contribution is 8.04. The zero-order chi connectivity index (χ0) is 22.3. The van der Waals surface area contributed by atoms with Crippen molar-refractivity contribution in [2.24, 2.45) is 5.16 Å². The van der Waals surface area contributed by atoms with E-state index in [0.717, 1.165) is 16.4 Å². The number of fused-ring (bicyclic) bond motifs is 1. The molecule has 2 atom stereocenters. The van der Waals surface area contributed by atoms with Crippen LogP contribution in [-0.2, 0) is 14.4 Å². The monoisotopic (exact) mass is 481 g/mol. The summed E-state index contributed by atoms with van der Waals surface area (Å²) in [6.07, 6.45) is 2.57. The third kappa shape index (κ3) is 3.86. The number of hydrogen-bond donors (Lipinski definition) is 4. The second kappa shape index (κ2) is 8.24. The lowest BCUT2D eigenvalue weighted by molar-refractivity contribution is -0.155. The zero-order valence-corrected chi connectivity index (χ0v) is 18.3. The summed E-state index contributed by atoms with van der Waals surface area (Å²) in [5, 5.41) is 24.4. The average Bonchev–Trinajstić information content (AvgIpc) is 3.34. The number of nitrogens with zero attached hydrogens (tertiary/aromatic N) is 5. The van der Waals surface area contributed by atoms with Gasteiger partial charge < -0.3 is 21.4 Å². The van der Waals surface area contributed by atoms with Gasteiger partial charge in [-0.25, -0.2) is 9.78 Å². The van der Waals surface area contributed by atoms with Crippen LogP contribution >= 0.6 is 34.6 Å². The van der Waals surface area contributed by atoms with E-state index < -0.39 is 35.6 Å². The Morgan fingerprint density at radius 2 is 2.23 bits per heavy atom. The molecule has 0 aliphatic carbocycles. The number of oxime groups is 1. The number of thioether (sulfide) groups is 1. The summed E-state index contributed by atoms with van der Waals surface area (Å²) in [7, 11) is 0. The molecule has 31 heavy (non-hydrogen) atoms. The van der Waals surface area contributed by atoms with Gasteiger partial charge in [-0.3, -0.25) is 14.5 Å². The summed E-state index contributed by atoms with van der Waals surface area (Å²) in [6.45, 7) is 1.90. The summed E-state index contributed by atoms with van der Waals surface area (Å²) in [4.78, 5) is 47.9. The van der Waals surface area contributed by atoms with E-state index in [4.69, 9.17) is 5.73 Å². The Balaban J connectivity index is 1.52. The van der Waals surface area contributed by atoms with Crippen LogP contribution in [-0.4, -0.2) is 65.1 Å². The molecular formula is C16H15N7O5S3. The first-order valence-electron chi connectivity index (χ1n) is 8.82. The Morgan fingerprint density at radius 3 is 2.81 bits per heavy atom. The lowest BCUT2D eigenvalue weighted by Crippen LogP contribution is -2.72. The Kier molecular flexibility index (Phi) is 5.63. The van der Waals surface area contributed by atoms with Crippen molar-refractivity contribution in [1.29, 1.82) is 0 Å². The summed E-state index contributed by atoms with van der Waals surface area (Å²) in [5.74, 6) is -2.82. The number of aliphatic carboxylic acids is 1. The number of aromatic nitrogens is 3. The number of carbonyl (C=O) groups is 3. The molecule has 0 radical (unpaired) electrons. The molecule has 162 valence electrons. The largest absolute Gasteiger partial charge is 0.477 e. The molecule has 4 heterocycles. The maximum Gasteiger partial charge on any atom is 0.353 e. The Hall–Kier alpha value is -3.04. The Bertz CT molecular complexity index is 1140. The molecule has 1 fully saturated rings.